The number of epoxide rings is 1. The number of methoxy groups -OCH3 is 1. The number of aliphatic hydroxyl groups is 1. The Morgan fingerprint density at radius 2 is 2.54 bits per heavy atom. The average Bonchev–Trinajstić information content (AvgIpc) is 2.53. The number of hydrogen-bond acceptors (Lipinski definition) is 4. The third-order valence-corrected chi connectivity index (χ3v) is 3.59. The molecule has 4 heteroatoms. The molecule has 0 unspecified atom stereocenters. The Morgan fingerprint density at radius 1 is 1.69 bits per heavy atom. The fourth-order valence-electron chi connectivity index (χ4n) is 3.01. The van der Waals surface area contributed by atoms with Gasteiger partial charge in [-0.15, -0.1) is 0 Å². The van der Waals surface area contributed by atoms with Crippen LogP contribution in [-0.2, 0) is 9.47 Å². The minimum Gasteiger partial charge on any atom is -0.391 e. The second-order valence-electron chi connectivity index (χ2n) is 4.29. The van der Waals surface area contributed by atoms with E-state index in [-0.39, 0.29) is 17.7 Å². The van der Waals surface area contributed by atoms with Crippen LogP contribution in [-0.4, -0.2) is 60.7 Å². The summed E-state index contributed by atoms with van der Waals surface area (Å²) >= 11 is 0. The Balaban J connectivity index is 1.84. The van der Waals surface area contributed by atoms with E-state index in [2.05, 4.69) is 4.90 Å². The number of hydrogen-bond donors (Lipinski definition) is 1. The van der Waals surface area contributed by atoms with Gasteiger partial charge in [-0.05, 0) is 6.42 Å². The van der Waals surface area contributed by atoms with Crippen LogP contribution in [0, 0.1) is 0 Å². The summed E-state index contributed by atoms with van der Waals surface area (Å²) < 4.78 is 10.8. The first-order valence-corrected chi connectivity index (χ1v) is 4.87. The first kappa shape index (κ1) is 8.17. The number of ether oxygens (including phenoxy) is 2. The molecule has 0 bridgehead atoms. The highest BCUT2D eigenvalue weighted by molar-refractivity contribution is 5.21. The fraction of sp³-hybridized carbons (Fsp3) is 1.00. The van der Waals surface area contributed by atoms with E-state index in [1.165, 1.54) is 0 Å². The molecule has 0 amide bonds. The largest absolute Gasteiger partial charge is 0.391 e. The standard InChI is InChI=1S/C9H15NO3/c1-12-5-9-7(13-9)4-10-3-2-6(11)8(9)10/h6-8,11H,2-5H2,1H3/t6-,7+,8+,9-/m1/s1. The monoisotopic (exact) mass is 185 g/mol. The van der Waals surface area contributed by atoms with E-state index in [0.717, 1.165) is 19.5 Å². The average molecular weight is 185 g/mol. The smallest absolute Gasteiger partial charge is 0.137 e. The Labute approximate surface area is 77.4 Å². The van der Waals surface area contributed by atoms with Crippen LogP contribution in [0.2, 0.25) is 0 Å². The van der Waals surface area contributed by atoms with Crippen LogP contribution >= 0.6 is 0 Å². The highest BCUT2D eigenvalue weighted by Gasteiger charge is 2.71. The van der Waals surface area contributed by atoms with E-state index in [0.29, 0.717) is 12.7 Å². The topological polar surface area (TPSA) is 45.2 Å². The van der Waals surface area contributed by atoms with Crippen LogP contribution in [0.4, 0.5) is 0 Å². The van der Waals surface area contributed by atoms with Gasteiger partial charge >= 0.3 is 0 Å². The van der Waals surface area contributed by atoms with Gasteiger partial charge in [0.15, 0.2) is 0 Å². The highest BCUT2D eigenvalue weighted by Crippen LogP contribution is 2.51. The van der Waals surface area contributed by atoms with E-state index in [1.807, 2.05) is 0 Å². The quantitative estimate of drug-likeness (QED) is 0.573. The van der Waals surface area contributed by atoms with Crippen LogP contribution in [0.1, 0.15) is 6.42 Å². The van der Waals surface area contributed by atoms with E-state index in [9.17, 15) is 5.11 Å². The Hall–Kier alpha value is -0.160. The molecule has 0 aromatic rings. The summed E-state index contributed by atoms with van der Waals surface area (Å²) in [6.07, 6.45) is 0.974. The summed E-state index contributed by atoms with van der Waals surface area (Å²) in [5, 5.41) is 9.81. The van der Waals surface area contributed by atoms with Gasteiger partial charge in [0.1, 0.15) is 11.7 Å². The molecular formula is C9H15NO3. The van der Waals surface area contributed by atoms with E-state index in [4.69, 9.17) is 9.47 Å². The van der Waals surface area contributed by atoms with Crippen LogP contribution < -0.4 is 0 Å². The maximum Gasteiger partial charge on any atom is 0.137 e. The molecule has 4 atom stereocenters. The summed E-state index contributed by atoms with van der Waals surface area (Å²) in [6, 6.07) is 0.192. The van der Waals surface area contributed by atoms with Crippen molar-refractivity contribution in [2.45, 2.75) is 30.3 Å². The molecule has 3 aliphatic heterocycles. The van der Waals surface area contributed by atoms with Crippen LogP contribution in [0.5, 0.6) is 0 Å². The zero-order valence-electron chi connectivity index (χ0n) is 7.77. The summed E-state index contributed by atoms with van der Waals surface area (Å²) in [6.45, 7) is 2.61. The predicted molar refractivity (Wildman–Crippen MR) is 45.5 cm³/mol. The molecule has 3 saturated heterocycles. The Kier molecular flexibility index (Phi) is 1.54. The number of aliphatic hydroxyl groups excluding tert-OH is 1. The van der Waals surface area contributed by atoms with Crippen molar-refractivity contribution in [2.24, 2.45) is 0 Å². The lowest BCUT2D eigenvalue weighted by Crippen LogP contribution is -2.44. The molecule has 3 fully saturated rings. The lowest BCUT2D eigenvalue weighted by molar-refractivity contribution is 0.0181. The first-order valence-electron chi connectivity index (χ1n) is 4.87. The van der Waals surface area contributed by atoms with Crippen molar-refractivity contribution in [1.29, 1.82) is 0 Å². The molecule has 0 aromatic carbocycles. The maximum atomic E-state index is 9.81. The molecule has 13 heavy (non-hydrogen) atoms. The van der Waals surface area contributed by atoms with Crippen molar-refractivity contribution in [3.05, 3.63) is 0 Å². The van der Waals surface area contributed by atoms with Gasteiger partial charge in [0.05, 0.1) is 18.8 Å². The minimum absolute atomic E-state index is 0.162. The summed E-state index contributed by atoms with van der Waals surface area (Å²) in [4.78, 5) is 2.33. The summed E-state index contributed by atoms with van der Waals surface area (Å²) in [7, 11) is 1.69. The van der Waals surface area contributed by atoms with E-state index in [1.54, 1.807) is 7.11 Å². The number of morpholine rings is 1. The van der Waals surface area contributed by atoms with Gasteiger partial charge < -0.3 is 14.6 Å². The zero-order chi connectivity index (χ0) is 9.05. The lowest BCUT2D eigenvalue weighted by atomic mass is 9.96. The van der Waals surface area contributed by atoms with Crippen molar-refractivity contribution in [3.8, 4) is 0 Å². The van der Waals surface area contributed by atoms with Crippen LogP contribution in [0.3, 0.4) is 0 Å². The van der Waals surface area contributed by atoms with Crippen molar-refractivity contribution < 1.29 is 14.6 Å². The normalized spacial score (nSPS) is 53.5. The van der Waals surface area contributed by atoms with Gasteiger partial charge in [0.2, 0.25) is 0 Å². The summed E-state index contributed by atoms with van der Waals surface area (Å²) in [5.74, 6) is 0. The molecule has 3 rings (SSSR count). The second kappa shape index (κ2) is 2.45. The molecule has 1 N–H and O–H groups in total. The third kappa shape index (κ3) is 0.892. The van der Waals surface area contributed by atoms with Crippen LogP contribution in [0.15, 0.2) is 0 Å². The minimum atomic E-state index is -0.220. The maximum absolute atomic E-state index is 9.81. The van der Waals surface area contributed by atoms with Gasteiger partial charge in [0, 0.05) is 20.2 Å². The summed E-state index contributed by atoms with van der Waals surface area (Å²) in [5.41, 5.74) is -0.162. The number of nitrogens with zero attached hydrogens (tertiary/aromatic N) is 1. The molecule has 0 aromatic heterocycles. The van der Waals surface area contributed by atoms with Gasteiger partial charge in [0.25, 0.3) is 0 Å². The zero-order valence-corrected chi connectivity index (χ0v) is 7.77. The number of fused-ring (bicyclic) bond motifs is 3. The number of rotatable bonds is 2. The van der Waals surface area contributed by atoms with E-state index >= 15 is 0 Å². The van der Waals surface area contributed by atoms with Crippen molar-refractivity contribution in [3.63, 3.8) is 0 Å². The molecule has 3 heterocycles. The molecular weight excluding hydrogens is 170 g/mol. The van der Waals surface area contributed by atoms with Gasteiger partial charge in [-0.1, -0.05) is 0 Å². The lowest BCUT2D eigenvalue weighted by Gasteiger charge is -2.25. The van der Waals surface area contributed by atoms with Crippen molar-refractivity contribution in [1.82, 2.24) is 4.90 Å². The van der Waals surface area contributed by atoms with Gasteiger partial charge in [-0.2, -0.15) is 0 Å². The van der Waals surface area contributed by atoms with E-state index < -0.39 is 0 Å². The van der Waals surface area contributed by atoms with Crippen LogP contribution in [0.25, 0.3) is 0 Å². The molecule has 0 saturated carbocycles. The molecule has 74 valence electrons. The molecule has 0 radical (unpaired) electrons. The Bertz CT molecular complexity index is 235. The molecule has 0 aliphatic carbocycles. The van der Waals surface area contributed by atoms with Crippen molar-refractivity contribution in [2.75, 3.05) is 26.8 Å². The van der Waals surface area contributed by atoms with Gasteiger partial charge in [-0.3, -0.25) is 4.90 Å². The predicted octanol–water partition coefficient (Wildman–Crippen LogP) is -0.781. The molecule has 4 nitrogen and oxygen atoms in total. The molecule has 0 spiro atoms. The van der Waals surface area contributed by atoms with Gasteiger partial charge in [-0.25, -0.2) is 0 Å². The molecule has 3 aliphatic rings. The Morgan fingerprint density at radius 3 is 3.31 bits per heavy atom. The SMILES string of the molecule is COC[C@@]12O[C@H]1CN1CC[C@@H](O)[C@H]12. The second-order valence-corrected chi connectivity index (χ2v) is 4.29. The van der Waals surface area contributed by atoms with Crippen molar-refractivity contribution >= 4 is 0 Å². The fourth-order valence-corrected chi connectivity index (χ4v) is 3.01. The third-order valence-electron chi connectivity index (χ3n) is 3.59. The highest BCUT2D eigenvalue weighted by atomic mass is 16.6. The first-order chi connectivity index (χ1) is 6.28.